The zero-order valence-corrected chi connectivity index (χ0v) is 19.8. The predicted octanol–water partition coefficient (Wildman–Crippen LogP) is 6.20. The van der Waals surface area contributed by atoms with Crippen molar-refractivity contribution < 1.29 is 28.5 Å². The lowest BCUT2D eigenvalue weighted by Gasteiger charge is -2.17. The molecule has 0 spiro atoms. The Balaban J connectivity index is 1.23. The highest BCUT2D eigenvalue weighted by Crippen LogP contribution is 2.19. The van der Waals surface area contributed by atoms with Crippen LogP contribution < -0.4 is 9.47 Å². The Hall–Kier alpha value is -4.58. The Labute approximate surface area is 210 Å². The molecule has 4 rings (SSSR count). The second-order valence-corrected chi connectivity index (χ2v) is 7.98. The number of rotatable bonds is 10. The molecule has 0 radical (unpaired) electrons. The third kappa shape index (κ3) is 7.21. The van der Waals surface area contributed by atoms with Gasteiger partial charge in [0.25, 0.3) is 0 Å². The highest BCUT2D eigenvalue weighted by Gasteiger charge is 2.12. The van der Waals surface area contributed by atoms with Crippen molar-refractivity contribution in [3.8, 4) is 11.5 Å². The smallest absolute Gasteiger partial charge is 0.338 e. The van der Waals surface area contributed by atoms with Crippen LogP contribution in [0.5, 0.6) is 11.5 Å². The molecule has 0 bridgehead atoms. The third-order valence-corrected chi connectivity index (χ3v) is 5.21. The summed E-state index contributed by atoms with van der Waals surface area (Å²) >= 11 is 0. The normalized spacial score (nSPS) is 10.5. The molecule has 6 nitrogen and oxygen atoms in total. The molecular weight excluding hydrogens is 456 g/mol. The molecule has 0 heterocycles. The van der Waals surface area contributed by atoms with Crippen molar-refractivity contribution in [3.63, 3.8) is 0 Å². The first-order chi connectivity index (χ1) is 17.6. The van der Waals surface area contributed by atoms with Crippen LogP contribution in [0.15, 0.2) is 109 Å². The minimum Gasteiger partial charge on any atom is -0.457 e. The van der Waals surface area contributed by atoms with Crippen molar-refractivity contribution in [2.75, 3.05) is 0 Å². The number of hydrogen-bond donors (Lipinski definition) is 0. The van der Waals surface area contributed by atoms with Gasteiger partial charge in [-0.05, 0) is 59.7 Å². The number of carbonyl (C=O) groups is 2. The van der Waals surface area contributed by atoms with E-state index in [0.717, 1.165) is 11.1 Å². The molecule has 0 aliphatic heterocycles. The van der Waals surface area contributed by atoms with Gasteiger partial charge in [0.15, 0.2) is 0 Å². The van der Waals surface area contributed by atoms with Crippen LogP contribution in [0.2, 0.25) is 0 Å². The Bertz CT molecular complexity index is 1150. The van der Waals surface area contributed by atoms with Gasteiger partial charge in [-0.25, -0.2) is 9.59 Å². The fourth-order valence-corrected chi connectivity index (χ4v) is 3.36. The quantitative estimate of drug-likeness (QED) is 0.198. The van der Waals surface area contributed by atoms with E-state index in [0.29, 0.717) is 22.6 Å². The number of esters is 2. The van der Waals surface area contributed by atoms with Gasteiger partial charge in [0, 0.05) is 6.92 Å². The maximum absolute atomic E-state index is 12.3. The monoisotopic (exact) mass is 482 g/mol. The molecule has 0 atom stereocenters. The van der Waals surface area contributed by atoms with Crippen molar-refractivity contribution in [2.45, 2.75) is 26.4 Å². The van der Waals surface area contributed by atoms with Crippen molar-refractivity contribution in [1.29, 1.82) is 0 Å². The molecule has 0 saturated heterocycles. The summed E-state index contributed by atoms with van der Waals surface area (Å²) in [6.45, 7) is 2.18. The summed E-state index contributed by atoms with van der Waals surface area (Å²) in [5.41, 5.74) is 2.71. The van der Waals surface area contributed by atoms with Crippen LogP contribution in [0.4, 0.5) is 0 Å². The maximum atomic E-state index is 12.3. The SMILES string of the molecule is CC(Oc1ccc(C(=O)OCc2ccccc2)cc1)Oc1ccc(C(=O)OCc2ccccc2)cc1. The number of hydrogen-bond acceptors (Lipinski definition) is 6. The van der Waals surface area contributed by atoms with Gasteiger partial charge in [-0.3, -0.25) is 0 Å². The standard InChI is InChI=1S/C30H26O6/c1-22(35-27-16-12-25(13-17-27)29(31)33-20-23-8-4-2-5-9-23)36-28-18-14-26(15-19-28)30(32)34-21-24-10-6-3-7-11-24/h2-19,22H,20-21H2,1H3. The fourth-order valence-electron chi connectivity index (χ4n) is 3.36. The first-order valence-electron chi connectivity index (χ1n) is 11.5. The van der Waals surface area contributed by atoms with Gasteiger partial charge in [-0.2, -0.15) is 0 Å². The highest BCUT2D eigenvalue weighted by molar-refractivity contribution is 5.90. The molecule has 6 heteroatoms. The van der Waals surface area contributed by atoms with Gasteiger partial charge in [0.05, 0.1) is 11.1 Å². The van der Waals surface area contributed by atoms with Crippen molar-refractivity contribution >= 4 is 11.9 Å². The first-order valence-corrected chi connectivity index (χ1v) is 11.5. The minimum absolute atomic E-state index is 0.215. The molecule has 0 aliphatic carbocycles. The van der Waals surface area contributed by atoms with E-state index in [1.165, 1.54) is 0 Å². The Kier molecular flexibility index (Phi) is 8.33. The number of ether oxygens (including phenoxy) is 4. The molecule has 182 valence electrons. The zero-order valence-electron chi connectivity index (χ0n) is 19.8. The molecule has 36 heavy (non-hydrogen) atoms. The lowest BCUT2D eigenvalue weighted by atomic mass is 10.2. The van der Waals surface area contributed by atoms with Gasteiger partial charge in [-0.1, -0.05) is 60.7 Å². The topological polar surface area (TPSA) is 71.1 Å². The van der Waals surface area contributed by atoms with Crippen molar-refractivity contribution in [3.05, 3.63) is 131 Å². The Morgan fingerprint density at radius 1 is 0.556 bits per heavy atom. The molecule has 0 amide bonds. The lowest BCUT2D eigenvalue weighted by molar-refractivity contribution is 0.0223. The van der Waals surface area contributed by atoms with E-state index in [-0.39, 0.29) is 13.2 Å². The van der Waals surface area contributed by atoms with Crippen LogP contribution in [-0.2, 0) is 22.7 Å². The van der Waals surface area contributed by atoms with Gasteiger partial charge in [0.1, 0.15) is 24.7 Å². The van der Waals surface area contributed by atoms with Gasteiger partial charge in [0.2, 0.25) is 6.29 Å². The Morgan fingerprint density at radius 3 is 1.28 bits per heavy atom. The van der Waals surface area contributed by atoms with Crippen molar-refractivity contribution in [2.24, 2.45) is 0 Å². The summed E-state index contributed by atoms with van der Waals surface area (Å²) in [6, 6.07) is 32.3. The molecule has 4 aromatic rings. The average molecular weight is 483 g/mol. The van der Waals surface area contributed by atoms with E-state index < -0.39 is 18.2 Å². The number of benzene rings is 4. The summed E-state index contributed by atoms with van der Waals surface area (Å²) in [5.74, 6) is 0.278. The van der Waals surface area contributed by atoms with E-state index in [1.807, 2.05) is 60.7 Å². The summed E-state index contributed by atoms with van der Waals surface area (Å²) in [4.78, 5) is 24.5. The molecule has 0 saturated carbocycles. The third-order valence-electron chi connectivity index (χ3n) is 5.21. The summed E-state index contributed by atoms with van der Waals surface area (Å²) in [6.07, 6.45) is -0.600. The van der Waals surface area contributed by atoms with Crippen LogP contribution in [0.1, 0.15) is 38.8 Å². The highest BCUT2D eigenvalue weighted by atomic mass is 16.7. The zero-order chi connectivity index (χ0) is 25.2. The molecule has 0 fully saturated rings. The van der Waals surface area contributed by atoms with Gasteiger partial charge in [-0.15, -0.1) is 0 Å². The Morgan fingerprint density at radius 2 is 0.917 bits per heavy atom. The second-order valence-electron chi connectivity index (χ2n) is 7.98. The maximum Gasteiger partial charge on any atom is 0.338 e. The molecule has 0 aliphatic rings. The molecule has 0 aromatic heterocycles. The molecule has 0 N–H and O–H groups in total. The van der Waals surface area contributed by atoms with E-state index in [1.54, 1.807) is 55.5 Å². The van der Waals surface area contributed by atoms with E-state index in [2.05, 4.69) is 0 Å². The van der Waals surface area contributed by atoms with E-state index in [4.69, 9.17) is 18.9 Å². The van der Waals surface area contributed by atoms with Crippen LogP contribution in [0.25, 0.3) is 0 Å². The van der Waals surface area contributed by atoms with Gasteiger partial charge < -0.3 is 18.9 Å². The van der Waals surface area contributed by atoms with E-state index >= 15 is 0 Å². The van der Waals surface area contributed by atoms with E-state index in [9.17, 15) is 9.59 Å². The second kappa shape index (κ2) is 12.2. The first kappa shape index (κ1) is 24.5. The summed E-state index contributed by atoms with van der Waals surface area (Å²) in [7, 11) is 0. The fraction of sp³-hybridized carbons (Fsp3) is 0.133. The summed E-state index contributed by atoms with van der Waals surface area (Å²) in [5, 5.41) is 0. The van der Waals surface area contributed by atoms with Crippen LogP contribution >= 0.6 is 0 Å². The molecule has 4 aromatic carbocycles. The van der Waals surface area contributed by atoms with Crippen LogP contribution in [0.3, 0.4) is 0 Å². The minimum atomic E-state index is -0.600. The van der Waals surface area contributed by atoms with Crippen LogP contribution in [-0.4, -0.2) is 18.2 Å². The summed E-state index contributed by atoms with van der Waals surface area (Å²) < 4.78 is 22.2. The average Bonchev–Trinajstić information content (AvgIpc) is 2.92. The molecule has 0 unspecified atom stereocenters. The largest absolute Gasteiger partial charge is 0.457 e. The van der Waals surface area contributed by atoms with Gasteiger partial charge >= 0.3 is 11.9 Å². The number of carbonyl (C=O) groups excluding carboxylic acids is 2. The molecular formula is C30H26O6. The van der Waals surface area contributed by atoms with Crippen molar-refractivity contribution in [1.82, 2.24) is 0 Å². The predicted molar refractivity (Wildman–Crippen MR) is 135 cm³/mol. The lowest BCUT2D eigenvalue weighted by Crippen LogP contribution is -2.19. The van der Waals surface area contributed by atoms with Crippen LogP contribution in [0, 0.1) is 0 Å².